The Labute approximate surface area is 187 Å². The molecule has 6 nitrogen and oxygen atoms in total. The van der Waals surface area contributed by atoms with E-state index in [4.69, 9.17) is 0 Å². The topological polar surface area (TPSA) is 75.7 Å². The lowest BCUT2D eigenvalue weighted by Gasteiger charge is -2.31. The molecule has 180 valence electrons. The zero-order valence-electron chi connectivity index (χ0n) is 17.4. The molecule has 0 aliphatic carbocycles. The van der Waals surface area contributed by atoms with E-state index in [0.29, 0.717) is 11.6 Å². The molecule has 1 aliphatic heterocycles. The summed E-state index contributed by atoms with van der Waals surface area (Å²) < 4.78 is 94.2. The lowest BCUT2D eigenvalue weighted by atomic mass is 9.96. The number of sulfonamides is 1. The SMILES string of the molecule is CC(NC(=O)C1CCN(S(=O)(=O)c2cc(F)ccc2F)CC1)c1ccc(OC(F)(F)F)cc1. The van der Waals surface area contributed by atoms with Gasteiger partial charge in [0.05, 0.1) is 6.04 Å². The number of ether oxygens (including phenoxy) is 1. The fraction of sp³-hybridized carbons (Fsp3) is 0.381. The summed E-state index contributed by atoms with van der Waals surface area (Å²) in [6, 6.07) is 6.75. The smallest absolute Gasteiger partial charge is 0.406 e. The standard InChI is InChI=1S/C21H21F5N2O4S/c1-13(14-2-5-17(6-3-14)32-21(24,25)26)27-20(29)15-8-10-28(11-9-15)33(30,31)19-12-16(22)4-7-18(19)23/h2-7,12-13,15H,8-11H2,1H3,(H,27,29). The van der Waals surface area contributed by atoms with Gasteiger partial charge >= 0.3 is 6.36 Å². The minimum Gasteiger partial charge on any atom is -0.406 e. The summed E-state index contributed by atoms with van der Waals surface area (Å²) in [6.45, 7) is 1.56. The Morgan fingerprint density at radius 3 is 2.27 bits per heavy atom. The molecule has 0 radical (unpaired) electrons. The third-order valence-electron chi connectivity index (χ3n) is 5.31. The van der Waals surface area contributed by atoms with E-state index in [1.165, 1.54) is 12.1 Å². The van der Waals surface area contributed by atoms with Gasteiger partial charge < -0.3 is 10.1 Å². The number of nitrogens with zero attached hydrogens (tertiary/aromatic N) is 1. The molecule has 0 spiro atoms. The van der Waals surface area contributed by atoms with Crippen LogP contribution < -0.4 is 10.1 Å². The van der Waals surface area contributed by atoms with Crippen molar-refractivity contribution in [3.8, 4) is 5.75 Å². The van der Waals surface area contributed by atoms with Gasteiger partial charge in [-0.15, -0.1) is 13.2 Å². The van der Waals surface area contributed by atoms with Crippen LogP contribution in [0.2, 0.25) is 0 Å². The van der Waals surface area contributed by atoms with E-state index in [1.807, 2.05) is 0 Å². The van der Waals surface area contributed by atoms with Gasteiger partial charge in [-0.25, -0.2) is 17.2 Å². The van der Waals surface area contributed by atoms with E-state index < -0.39 is 44.9 Å². The normalized spacial score (nSPS) is 16.9. The first kappa shape index (κ1) is 24.9. The van der Waals surface area contributed by atoms with Gasteiger partial charge in [0.1, 0.15) is 22.3 Å². The Balaban J connectivity index is 1.57. The largest absolute Gasteiger partial charge is 0.573 e. The van der Waals surface area contributed by atoms with Gasteiger partial charge in [-0.2, -0.15) is 4.31 Å². The van der Waals surface area contributed by atoms with Crippen molar-refractivity contribution in [1.29, 1.82) is 0 Å². The van der Waals surface area contributed by atoms with Gasteiger partial charge in [0.15, 0.2) is 0 Å². The Morgan fingerprint density at radius 1 is 1.09 bits per heavy atom. The van der Waals surface area contributed by atoms with Crippen LogP contribution in [0.25, 0.3) is 0 Å². The summed E-state index contributed by atoms with van der Waals surface area (Å²) in [5.41, 5.74) is 0.555. The van der Waals surface area contributed by atoms with E-state index >= 15 is 0 Å². The first-order valence-electron chi connectivity index (χ1n) is 9.98. The number of carbonyl (C=O) groups is 1. The maximum absolute atomic E-state index is 13.9. The molecule has 3 rings (SSSR count). The van der Waals surface area contributed by atoms with Crippen LogP contribution in [0, 0.1) is 17.6 Å². The summed E-state index contributed by atoms with van der Waals surface area (Å²) in [6.07, 6.45) is -4.45. The van der Waals surface area contributed by atoms with Gasteiger partial charge in [0, 0.05) is 19.0 Å². The van der Waals surface area contributed by atoms with Crippen molar-refractivity contribution in [1.82, 2.24) is 9.62 Å². The Bertz CT molecular complexity index is 1100. The molecule has 1 saturated heterocycles. The second-order valence-electron chi connectivity index (χ2n) is 7.60. The molecule has 1 fully saturated rings. The maximum Gasteiger partial charge on any atom is 0.573 e. The highest BCUT2D eigenvalue weighted by Crippen LogP contribution is 2.27. The number of nitrogens with one attached hydrogen (secondary N) is 1. The number of hydrogen-bond donors (Lipinski definition) is 1. The highest BCUT2D eigenvalue weighted by atomic mass is 32.2. The van der Waals surface area contributed by atoms with Gasteiger partial charge in [-0.05, 0) is 55.7 Å². The van der Waals surface area contributed by atoms with Gasteiger partial charge in [0.2, 0.25) is 15.9 Å². The van der Waals surface area contributed by atoms with E-state index in [9.17, 15) is 35.2 Å². The van der Waals surface area contributed by atoms with Crippen molar-refractivity contribution in [2.45, 2.75) is 37.1 Å². The average Bonchev–Trinajstić information content (AvgIpc) is 2.74. The molecule has 1 atom stereocenters. The van der Waals surface area contributed by atoms with E-state index in [1.54, 1.807) is 6.92 Å². The van der Waals surface area contributed by atoms with Crippen LogP contribution in [-0.2, 0) is 14.8 Å². The summed E-state index contributed by atoms with van der Waals surface area (Å²) in [5, 5.41) is 2.76. The minimum absolute atomic E-state index is 0.0474. The average molecular weight is 492 g/mol. The van der Waals surface area contributed by atoms with E-state index in [2.05, 4.69) is 10.1 Å². The molecule has 0 saturated carbocycles. The molecule has 33 heavy (non-hydrogen) atoms. The highest BCUT2D eigenvalue weighted by molar-refractivity contribution is 7.89. The van der Waals surface area contributed by atoms with Crippen molar-refractivity contribution in [2.75, 3.05) is 13.1 Å². The van der Waals surface area contributed by atoms with Crippen molar-refractivity contribution >= 4 is 15.9 Å². The molecule has 1 amide bonds. The molecule has 0 bridgehead atoms. The summed E-state index contributed by atoms with van der Waals surface area (Å²) in [4.78, 5) is 11.8. The number of alkyl halides is 3. The van der Waals surface area contributed by atoms with Crippen LogP contribution in [0.3, 0.4) is 0 Å². The van der Waals surface area contributed by atoms with E-state index in [0.717, 1.165) is 28.6 Å². The molecule has 0 aromatic heterocycles. The van der Waals surface area contributed by atoms with Crippen LogP contribution in [0.5, 0.6) is 5.75 Å². The number of hydrogen-bond acceptors (Lipinski definition) is 4. The molecular weight excluding hydrogens is 471 g/mol. The minimum atomic E-state index is -4.80. The predicted molar refractivity (Wildman–Crippen MR) is 108 cm³/mol. The first-order valence-corrected chi connectivity index (χ1v) is 11.4. The summed E-state index contributed by atoms with van der Waals surface area (Å²) >= 11 is 0. The Hall–Kier alpha value is -2.73. The molecule has 1 aliphatic rings. The number of halogens is 5. The van der Waals surface area contributed by atoms with Crippen LogP contribution in [0.1, 0.15) is 31.4 Å². The van der Waals surface area contributed by atoms with Gasteiger partial charge in [0.25, 0.3) is 0 Å². The molecule has 1 unspecified atom stereocenters. The molecule has 1 N–H and O–H groups in total. The fourth-order valence-electron chi connectivity index (χ4n) is 3.55. The number of piperidine rings is 1. The zero-order valence-corrected chi connectivity index (χ0v) is 18.2. The van der Waals surface area contributed by atoms with Crippen molar-refractivity contribution in [3.05, 3.63) is 59.7 Å². The monoisotopic (exact) mass is 492 g/mol. The van der Waals surface area contributed by atoms with Crippen LogP contribution in [0.15, 0.2) is 47.4 Å². The molecular formula is C21H21F5N2O4S. The number of amides is 1. The Kier molecular flexibility index (Phi) is 7.27. The van der Waals surface area contributed by atoms with Crippen LogP contribution in [-0.4, -0.2) is 38.1 Å². The van der Waals surface area contributed by atoms with Gasteiger partial charge in [-0.3, -0.25) is 4.79 Å². The van der Waals surface area contributed by atoms with Crippen molar-refractivity contribution < 1.29 is 39.9 Å². The molecule has 12 heteroatoms. The number of benzene rings is 2. The second-order valence-corrected chi connectivity index (χ2v) is 9.51. The highest BCUT2D eigenvalue weighted by Gasteiger charge is 2.34. The number of rotatable bonds is 6. The summed E-state index contributed by atoms with van der Waals surface area (Å²) in [7, 11) is -4.25. The quantitative estimate of drug-likeness (QED) is 0.615. The van der Waals surface area contributed by atoms with E-state index in [-0.39, 0.29) is 37.6 Å². The Morgan fingerprint density at radius 2 is 1.70 bits per heavy atom. The fourth-order valence-corrected chi connectivity index (χ4v) is 5.09. The van der Waals surface area contributed by atoms with Gasteiger partial charge in [-0.1, -0.05) is 12.1 Å². The number of carbonyl (C=O) groups excluding carboxylic acids is 1. The first-order chi connectivity index (χ1) is 15.4. The summed E-state index contributed by atoms with van der Waals surface area (Å²) in [5.74, 6) is -3.17. The third-order valence-corrected chi connectivity index (χ3v) is 7.22. The van der Waals surface area contributed by atoms with Crippen molar-refractivity contribution in [3.63, 3.8) is 0 Å². The maximum atomic E-state index is 13.9. The molecule has 1 heterocycles. The molecule has 2 aromatic rings. The molecule has 2 aromatic carbocycles. The van der Waals surface area contributed by atoms with Crippen LogP contribution in [0.4, 0.5) is 22.0 Å². The lowest BCUT2D eigenvalue weighted by molar-refractivity contribution is -0.274. The predicted octanol–water partition coefficient (Wildman–Crippen LogP) is 4.14. The lowest BCUT2D eigenvalue weighted by Crippen LogP contribution is -2.43. The second kappa shape index (κ2) is 9.64. The van der Waals surface area contributed by atoms with Crippen LogP contribution >= 0.6 is 0 Å². The van der Waals surface area contributed by atoms with Crippen molar-refractivity contribution in [2.24, 2.45) is 5.92 Å². The third kappa shape index (κ3) is 6.20. The zero-order chi connectivity index (χ0) is 24.4.